The molecule has 0 bridgehead atoms. The summed E-state index contributed by atoms with van der Waals surface area (Å²) >= 11 is 0. The van der Waals surface area contributed by atoms with Crippen LogP contribution in [0.5, 0.6) is 11.5 Å². The molecule has 3 aromatic rings. The first-order valence-electron chi connectivity index (χ1n) is 12.3. The maximum Gasteiger partial charge on any atom is 0.292 e. The van der Waals surface area contributed by atoms with Crippen molar-refractivity contribution in [3.8, 4) is 22.8 Å². The van der Waals surface area contributed by atoms with Gasteiger partial charge in [0.05, 0.1) is 33.0 Å². The van der Waals surface area contributed by atoms with Crippen LogP contribution in [0.1, 0.15) is 35.9 Å². The normalized spacial score (nSPS) is 18.4. The zero-order valence-electron chi connectivity index (χ0n) is 20.8. The van der Waals surface area contributed by atoms with Crippen molar-refractivity contribution in [2.24, 2.45) is 5.41 Å². The van der Waals surface area contributed by atoms with E-state index < -0.39 is 0 Å². The minimum Gasteiger partial charge on any atom is -0.493 e. The van der Waals surface area contributed by atoms with Gasteiger partial charge in [0, 0.05) is 36.7 Å². The van der Waals surface area contributed by atoms with Gasteiger partial charge in [-0.1, -0.05) is 48.5 Å². The number of methoxy groups -OCH3 is 1. The van der Waals surface area contributed by atoms with E-state index in [1.807, 2.05) is 48.5 Å². The van der Waals surface area contributed by atoms with Crippen molar-refractivity contribution in [3.05, 3.63) is 65.9 Å². The molecule has 8 heteroatoms. The highest BCUT2D eigenvalue weighted by atomic mass is 16.5. The van der Waals surface area contributed by atoms with Gasteiger partial charge in [0.15, 0.2) is 11.5 Å². The lowest BCUT2D eigenvalue weighted by Crippen LogP contribution is -2.44. The van der Waals surface area contributed by atoms with Crippen molar-refractivity contribution in [2.45, 2.75) is 32.4 Å². The molecule has 0 spiro atoms. The zero-order chi connectivity index (χ0) is 25.0. The highest BCUT2D eigenvalue weighted by Gasteiger charge is 2.34. The Morgan fingerprint density at radius 1 is 1.14 bits per heavy atom. The fourth-order valence-corrected chi connectivity index (χ4v) is 4.47. The van der Waals surface area contributed by atoms with Gasteiger partial charge in [-0.05, 0) is 30.5 Å². The molecular formula is C28H32N2O6. The molecule has 2 aliphatic rings. The minimum atomic E-state index is -0.224. The number of ether oxygens (including phenoxy) is 4. The maximum atomic E-state index is 13.6. The summed E-state index contributed by atoms with van der Waals surface area (Å²) in [7, 11) is 1.62. The minimum absolute atomic E-state index is 0.00185. The molecule has 36 heavy (non-hydrogen) atoms. The Labute approximate surface area is 211 Å². The van der Waals surface area contributed by atoms with Crippen LogP contribution in [0, 0.1) is 5.41 Å². The van der Waals surface area contributed by atoms with E-state index in [9.17, 15) is 4.79 Å². The van der Waals surface area contributed by atoms with Crippen LogP contribution in [-0.2, 0) is 16.0 Å². The molecule has 1 aromatic heterocycles. The summed E-state index contributed by atoms with van der Waals surface area (Å²) in [6, 6.07) is 17.1. The third-order valence-electron chi connectivity index (χ3n) is 6.60. The summed E-state index contributed by atoms with van der Waals surface area (Å²) in [5, 5.41) is 4.13. The summed E-state index contributed by atoms with van der Waals surface area (Å²) in [6.45, 7) is 5.60. The second kappa shape index (κ2) is 10.7. The van der Waals surface area contributed by atoms with Crippen molar-refractivity contribution in [1.29, 1.82) is 0 Å². The van der Waals surface area contributed by atoms with Gasteiger partial charge in [-0.25, -0.2) is 0 Å². The predicted octanol–water partition coefficient (Wildman–Crippen LogP) is 4.59. The Hall–Kier alpha value is -3.36. The number of carbonyl (C=O) groups excluding carboxylic acids is 1. The van der Waals surface area contributed by atoms with Gasteiger partial charge in [0.25, 0.3) is 5.91 Å². The molecule has 3 heterocycles. The number of carbonyl (C=O) groups is 1. The van der Waals surface area contributed by atoms with E-state index in [1.165, 1.54) is 0 Å². The summed E-state index contributed by atoms with van der Waals surface area (Å²) in [4.78, 5) is 15.3. The van der Waals surface area contributed by atoms with Crippen LogP contribution in [0.25, 0.3) is 11.3 Å². The summed E-state index contributed by atoms with van der Waals surface area (Å²) in [6.07, 6.45) is 1.92. The van der Waals surface area contributed by atoms with E-state index in [0.717, 1.165) is 30.6 Å². The largest absolute Gasteiger partial charge is 0.493 e. The highest BCUT2D eigenvalue weighted by molar-refractivity contribution is 5.92. The molecule has 0 N–H and O–H groups in total. The fourth-order valence-electron chi connectivity index (χ4n) is 4.47. The molecule has 1 atom stereocenters. The summed E-state index contributed by atoms with van der Waals surface area (Å²) in [5.41, 5.74) is 2.46. The maximum absolute atomic E-state index is 13.6. The van der Waals surface area contributed by atoms with Crippen molar-refractivity contribution in [1.82, 2.24) is 10.1 Å². The van der Waals surface area contributed by atoms with Crippen LogP contribution in [0.4, 0.5) is 0 Å². The van der Waals surface area contributed by atoms with Crippen LogP contribution < -0.4 is 9.47 Å². The van der Waals surface area contributed by atoms with E-state index in [4.69, 9.17) is 23.5 Å². The number of nitrogens with zero attached hydrogens (tertiary/aromatic N) is 2. The molecule has 0 saturated carbocycles. The lowest BCUT2D eigenvalue weighted by molar-refractivity contribution is -0.120. The van der Waals surface area contributed by atoms with Crippen molar-refractivity contribution in [3.63, 3.8) is 0 Å². The second-order valence-corrected chi connectivity index (χ2v) is 9.84. The van der Waals surface area contributed by atoms with E-state index in [0.29, 0.717) is 50.1 Å². The Morgan fingerprint density at radius 2 is 1.97 bits per heavy atom. The van der Waals surface area contributed by atoms with E-state index in [1.54, 1.807) is 18.1 Å². The van der Waals surface area contributed by atoms with Gasteiger partial charge in [0.1, 0.15) is 5.69 Å². The lowest BCUT2D eigenvalue weighted by atomic mass is 9.90. The standard InChI is InChI=1S/C28H32N2O6/c1-28(17-33-18-28)19-35-25-13-20(10-11-24(25)32-2)15-30(16-22-9-6-12-34-22)27(31)26-14-23(29-36-26)21-7-4-3-5-8-21/h3-5,7-8,10-11,13-14,22H,6,9,12,15-19H2,1-2H3. The second-order valence-electron chi connectivity index (χ2n) is 9.84. The quantitative estimate of drug-likeness (QED) is 0.409. The monoisotopic (exact) mass is 492 g/mol. The Balaban J connectivity index is 1.35. The van der Waals surface area contributed by atoms with E-state index in [2.05, 4.69) is 12.1 Å². The highest BCUT2D eigenvalue weighted by Crippen LogP contribution is 2.33. The number of amides is 1. The lowest BCUT2D eigenvalue weighted by Gasteiger charge is -2.37. The number of aromatic nitrogens is 1. The third-order valence-corrected chi connectivity index (χ3v) is 6.60. The van der Waals surface area contributed by atoms with E-state index in [-0.39, 0.29) is 23.2 Å². The average molecular weight is 493 g/mol. The SMILES string of the molecule is COc1ccc(CN(CC2CCCO2)C(=O)c2cc(-c3ccccc3)no2)cc1OCC1(C)COC1. The number of hydrogen-bond acceptors (Lipinski definition) is 7. The van der Waals surface area contributed by atoms with Gasteiger partial charge in [-0.3, -0.25) is 4.79 Å². The molecule has 2 saturated heterocycles. The first kappa shape index (κ1) is 24.3. The molecule has 8 nitrogen and oxygen atoms in total. The Morgan fingerprint density at radius 3 is 2.67 bits per heavy atom. The molecular weight excluding hydrogens is 460 g/mol. The van der Waals surface area contributed by atoms with Crippen LogP contribution in [-0.4, -0.2) is 62.1 Å². The molecule has 0 aliphatic carbocycles. The molecule has 2 fully saturated rings. The van der Waals surface area contributed by atoms with Gasteiger partial charge in [0.2, 0.25) is 5.76 Å². The molecule has 1 amide bonds. The van der Waals surface area contributed by atoms with Crippen LogP contribution in [0.3, 0.4) is 0 Å². The summed E-state index contributed by atoms with van der Waals surface area (Å²) in [5.74, 6) is 1.29. The van der Waals surface area contributed by atoms with Crippen molar-refractivity contribution >= 4 is 5.91 Å². The van der Waals surface area contributed by atoms with Crippen LogP contribution >= 0.6 is 0 Å². The Bertz CT molecular complexity index is 1170. The van der Waals surface area contributed by atoms with Gasteiger partial charge in [-0.15, -0.1) is 0 Å². The molecule has 190 valence electrons. The fraction of sp³-hybridized carbons (Fsp3) is 0.429. The Kier molecular flexibility index (Phi) is 7.25. The molecule has 2 aromatic carbocycles. The van der Waals surface area contributed by atoms with E-state index >= 15 is 0 Å². The van der Waals surface area contributed by atoms with Crippen LogP contribution in [0.2, 0.25) is 0 Å². The van der Waals surface area contributed by atoms with Crippen molar-refractivity contribution < 1.29 is 28.3 Å². The number of benzene rings is 2. The topological polar surface area (TPSA) is 83.3 Å². The smallest absolute Gasteiger partial charge is 0.292 e. The van der Waals surface area contributed by atoms with Crippen LogP contribution in [0.15, 0.2) is 59.1 Å². The van der Waals surface area contributed by atoms with Gasteiger partial charge >= 0.3 is 0 Å². The zero-order valence-corrected chi connectivity index (χ0v) is 20.8. The number of rotatable bonds is 10. The third kappa shape index (κ3) is 5.55. The first-order valence-corrected chi connectivity index (χ1v) is 12.3. The molecule has 0 radical (unpaired) electrons. The molecule has 1 unspecified atom stereocenters. The van der Waals surface area contributed by atoms with Crippen molar-refractivity contribution in [2.75, 3.05) is 40.1 Å². The van der Waals surface area contributed by atoms with Gasteiger partial charge < -0.3 is 28.4 Å². The molecule has 5 rings (SSSR count). The number of hydrogen-bond donors (Lipinski definition) is 0. The predicted molar refractivity (Wildman–Crippen MR) is 133 cm³/mol. The van der Waals surface area contributed by atoms with Gasteiger partial charge in [-0.2, -0.15) is 0 Å². The first-order chi connectivity index (χ1) is 17.5. The molecule has 2 aliphatic heterocycles. The summed E-state index contributed by atoms with van der Waals surface area (Å²) < 4.78 is 28.3. The average Bonchev–Trinajstić information content (AvgIpc) is 3.59.